The number of benzene rings is 2. The molecule has 1 aromatic heterocycles. The van der Waals surface area contributed by atoms with Crippen molar-refractivity contribution in [2.24, 2.45) is 0 Å². The lowest BCUT2D eigenvalue weighted by Gasteiger charge is -2.25. The predicted molar refractivity (Wildman–Crippen MR) is 101 cm³/mol. The van der Waals surface area contributed by atoms with E-state index >= 15 is 0 Å². The number of nitrogens with zero attached hydrogens (tertiary/aromatic N) is 2. The summed E-state index contributed by atoms with van der Waals surface area (Å²) in [6.45, 7) is 2.32. The van der Waals surface area contributed by atoms with Gasteiger partial charge in [0.15, 0.2) is 5.76 Å². The minimum atomic E-state index is -0.354. The molecule has 1 atom stereocenters. The number of carbonyl (C=O) groups is 1. The fraction of sp³-hybridized carbons (Fsp3) is 0.238. The fourth-order valence-electron chi connectivity index (χ4n) is 2.96. The Hall–Kier alpha value is -2.92. The van der Waals surface area contributed by atoms with Crippen LogP contribution in [0.2, 0.25) is 0 Å². The summed E-state index contributed by atoms with van der Waals surface area (Å²) in [4.78, 5) is 14.7. The molecule has 5 heteroatoms. The van der Waals surface area contributed by atoms with Crippen molar-refractivity contribution >= 4 is 5.91 Å². The average Bonchev–Trinajstić information content (AvgIpc) is 3.11. The summed E-state index contributed by atoms with van der Waals surface area (Å²) in [7, 11) is 3.80. The third-order valence-corrected chi connectivity index (χ3v) is 4.31. The van der Waals surface area contributed by atoms with Gasteiger partial charge in [-0.25, -0.2) is 0 Å². The number of carbonyl (C=O) groups excluding carboxylic acids is 1. The predicted octanol–water partition coefficient (Wildman–Crippen LogP) is 3.57. The highest BCUT2D eigenvalue weighted by molar-refractivity contribution is 5.83. The molecule has 1 N–H and O–H groups in total. The topological polar surface area (TPSA) is 58.4 Å². The zero-order valence-electron chi connectivity index (χ0n) is 15.3. The van der Waals surface area contributed by atoms with E-state index in [2.05, 4.69) is 10.5 Å². The van der Waals surface area contributed by atoms with Crippen LogP contribution in [0.15, 0.2) is 65.2 Å². The number of hydrogen-bond acceptors (Lipinski definition) is 4. The molecule has 2 aromatic carbocycles. The van der Waals surface area contributed by atoms with Crippen molar-refractivity contribution < 1.29 is 9.32 Å². The van der Waals surface area contributed by atoms with Gasteiger partial charge >= 0.3 is 0 Å². The Bertz CT molecular complexity index is 872. The van der Waals surface area contributed by atoms with Crippen LogP contribution < -0.4 is 5.32 Å². The van der Waals surface area contributed by atoms with E-state index in [0.717, 1.165) is 22.4 Å². The van der Waals surface area contributed by atoms with Gasteiger partial charge in [0.2, 0.25) is 5.91 Å². The zero-order valence-corrected chi connectivity index (χ0v) is 15.3. The number of nitrogens with one attached hydrogen (secondary N) is 1. The molecule has 0 saturated heterocycles. The number of rotatable bonds is 6. The van der Waals surface area contributed by atoms with Gasteiger partial charge in [0, 0.05) is 11.6 Å². The van der Waals surface area contributed by atoms with E-state index in [1.807, 2.05) is 86.6 Å². The third kappa shape index (κ3) is 4.00. The summed E-state index contributed by atoms with van der Waals surface area (Å²) in [5, 5.41) is 7.04. The number of aromatic nitrogens is 1. The molecular formula is C21H23N3O2. The summed E-state index contributed by atoms with van der Waals surface area (Å²) in [6.07, 6.45) is 0. The molecule has 0 saturated carbocycles. The van der Waals surface area contributed by atoms with Gasteiger partial charge in [0.05, 0.1) is 6.54 Å². The lowest BCUT2D eigenvalue weighted by Crippen LogP contribution is -2.37. The first-order valence-corrected chi connectivity index (χ1v) is 8.57. The minimum Gasteiger partial charge on any atom is -0.359 e. The molecule has 134 valence electrons. The van der Waals surface area contributed by atoms with Crippen LogP contribution in [0.4, 0.5) is 0 Å². The molecular weight excluding hydrogens is 326 g/mol. The van der Waals surface area contributed by atoms with Crippen LogP contribution >= 0.6 is 0 Å². The number of amides is 1. The van der Waals surface area contributed by atoms with E-state index in [9.17, 15) is 4.79 Å². The van der Waals surface area contributed by atoms with Crippen LogP contribution in [0.3, 0.4) is 0 Å². The second kappa shape index (κ2) is 7.97. The highest BCUT2D eigenvalue weighted by atomic mass is 16.5. The van der Waals surface area contributed by atoms with Crippen molar-refractivity contribution in [2.75, 3.05) is 14.1 Å². The number of aryl methyl sites for hydroxylation is 1. The van der Waals surface area contributed by atoms with Gasteiger partial charge in [0.1, 0.15) is 11.7 Å². The van der Waals surface area contributed by atoms with Crippen LogP contribution in [-0.4, -0.2) is 30.1 Å². The van der Waals surface area contributed by atoms with Gasteiger partial charge in [-0.1, -0.05) is 59.8 Å². The smallest absolute Gasteiger partial charge is 0.242 e. The summed E-state index contributed by atoms with van der Waals surface area (Å²) < 4.78 is 5.36. The van der Waals surface area contributed by atoms with Crippen molar-refractivity contribution in [3.8, 4) is 11.3 Å². The SMILES string of the molecule is Cc1ccccc1C(C(=O)NCc1cc(-c2ccccc2)no1)N(C)C. The first-order valence-electron chi connectivity index (χ1n) is 8.57. The standard InChI is InChI=1S/C21H23N3O2/c1-15-9-7-8-12-18(15)20(24(2)3)21(25)22-14-17-13-19(23-26-17)16-10-5-4-6-11-16/h4-13,20H,14H2,1-3H3,(H,22,25). The molecule has 0 bridgehead atoms. The molecule has 1 amide bonds. The summed E-state index contributed by atoms with van der Waals surface area (Å²) in [6, 6.07) is 19.2. The first-order chi connectivity index (χ1) is 12.6. The van der Waals surface area contributed by atoms with Crippen LogP contribution in [-0.2, 0) is 11.3 Å². The Morgan fingerprint density at radius 2 is 1.81 bits per heavy atom. The Labute approximate surface area is 153 Å². The van der Waals surface area contributed by atoms with E-state index in [0.29, 0.717) is 12.3 Å². The van der Waals surface area contributed by atoms with E-state index in [4.69, 9.17) is 4.52 Å². The monoisotopic (exact) mass is 349 g/mol. The molecule has 0 radical (unpaired) electrons. The van der Waals surface area contributed by atoms with Crippen LogP contribution in [0.25, 0.3) is 11.3 Å². The van der Waals surface area contributed by atoms with Gasteiger partial charge in [-0.05, 0) is 32.1 Å². The summed E-state index contributed by atoms with van der Waals surface area (Å²) in [5.74, 6) is 0.557. The molecule has 26 heavy (non-hydrogen) atoms. The van der Waals surface area contributed by atoms with Crippen molar-refractivity contribution in [1.82, 2.24) is 15.4 Å². The Morgan fingerprint density at radius 1 is 1.12 bits per heavy atom. The van der Waals surface area contributed by atoms with E-state index in [1.54, 1.807) is 0 Å². The molecule has 0 aliphatic carbocycles. The minimum absolute atomic E-state index is 0.0676. The van der Waals surface area contributed by atoms with E-state index in [-0.39, 0.29) is 11.9 Å². The van der Waals surface area contributed by atoms with Crippen LogP contribution in [0.1, 0.15) is 22.9 Å². The van der Waals surface area contributed by atoms with Crippen molar-refractivity contribution in [3.63, 3.8) is 0 Å². The largest absolute Gasteiger partial charge is 0.359 e. The molecule has 3 rings (SSSR count). The molecule has 1 unspecified atom stereocenters. The van der Waals surface area contributed by atoms with Gasteiger partial charge in [-0.15, -0.1) is 0 Å². The lowest BCUT2D eigenvalue weighted by atomic mass is 10.00. The van der Waals surface area contributed by atoms with Crippen LogP contribution in [0.5, 0.6) is 0 Å². The van der Waals surface area contributed by atoms with Gasteiger partial charge < -0.3 is 9.84 Å². The van der Waals surface area contributed by atoms with Gasteiger partial charge in [-0.3, -0.25) is 9.69 Å². The highest BCUT2D eigenvalue weighted by Gasteiger charge is 2.24. The van der Waals surface area contributed by atoms with Crippen molar-refractivity contribution in [1.29, 1.82) is 0 Å². The second-order valence-corrected chi connectivity index (χ2v) is 6.49. The van der Waals surface area contributed by atoms with E-state index < -0.39 is 0 Å². The zero-order chi connectivity index (χ0) is 18.5. The van der Waals surface area contributed by atoms with Crippen molar-refractivity contribution in [3.05, 3.63) is 77.6 Å². The fourth-order valence-corrected chi connectivity index (χ4v) is 2.96. The maximum atomic E-state index is 12.8. The first kappa shape index (κ1) is 17.9. The molecule has 0 spiro atoms. The second-order valence-electron chi connectivity index (χ2n) is 6.49. The molecule has 1 heterocycles. The molecule has 0 fully saturated rings. The number of likely N-dealkylation sites (N-methyl/N-ethyl adjacent to an activating group) is 1. The molecule has 0 aliphatic heterocycles. The normalized spacial score (nSPS) is 12.2. The van der Waals surface area contributed by atoms with Crippen LogP contribution in [0, 0.1) is 6.92 Å². The molecule has 3 aromatic rings. The lowest BCUT2D eigenvalue weighted by molar-refractivity contribution is -0.126. The Kier molecular flexibility index (Phi) is 5.49. The number of hydrogen-bond donors (Lipinski definition) is 1. The highest BCUT2D eigenvalue weighted by Crippen LogP contribution is 2.22. The van der Waals surface area contributed by atoms with Gasteiger partial charge in [-0.2, -0.15) is 0 Å². The third-order valence-electron chi connectivity index (χ3n) is 4.31. The van der Waals surface area contributed by atoms with E-state index in [1.165, 1.54) is 0 Å². The van der Waals surface area contributed by atoms with Crippen molar-refractivity contribution in [2.45, 2.75) is 19.5 Å². The average molecular weight is 349 g/mol. The quantitative estimate of drug-likeness (QED) is 0.739. The Balaban J connectivity index is 1.70. The molecule has 5 nitrogen and oxygen atoms in total. The maximum Gasteiger partial charge on any atom is 0.242 e. The summed E-state index contributed by atoms with van der Waals surface area (Å²) in [5.41, 5.74) is 3.84. The summed E-state index contributed by atoms with van der Waals surface area (Å²) >= 11 is 0. The molecule has 0 aliphatic rings. The Morgan fingerprint density at radius 3 is 2.50 bits per heavy atom. The maximum absolute atomic E-state index is 12.8. The van der Waals surface area contributed by atoms with Gasteiger partial charge in [0.25, 0.3) is 0 Å².